The molecule has 1 unspecified atom stereocenters. The first-order valence-electron chi connectivity index (χ1n) is 12.8. The van der Waals surface area contributed by atoms with E-state index in [1.807, 2.05) is 6.08 Å². The number of aliphatic hydroxyl groups is 1. The van der Waals surface area contributed by atoms with E-state index in [-0.39, 0.29) is 11.2 Å². The maximum atomic E-state index is 11.8. The van der Waals surface area contributed by atoms with E-state index < -0.39 is 5.92 Å². The van der Waals surface area contributed by atoms with Gasteiger partial charge in [0.1, 0.15) is 12.0 Å². The van der Waals surface area contributed by atoms with Crippen LogP contribution in [0.1, 0.15) is 92.4 Å². The number of hydrogen-bond acceptors (Lipinski definition) is 2. The molecule has 0 bridgehead atoms. The number of aldehydes is 1. The van der Waals surface area contributed by atoms with Crippen molar-refractivity contribution in [2.24, 2.45) is 52.3 Å². The molecule has 0 saturated heterocycles. The van der Waals surface area contributed by atoms with Gasteiger partial charge >= 0.3 is 0 Å². The minimum absolute atomic E-state index is 0.0586. The number of carbonyl (C=O) groups excluding carboxylic acids is 1. The van der Waals surface area contributed by atoms with E-state index in [0.717, 1.165) is 48.7 Å². The van der Waals surface area contributed by atoms with E-state index >= 15 is 0 Å². The van der Waals surface area contributed by atoms with Crippen LogP contribution in [-0.4, -0.2) is 11.4 Å². The van der Waals surface area contributed by atoms with Crippen LogP contribution in [0.5, 0.6) is 0 Å². The zero-order valence-electron chi connectivity index (χ0n) is 20.0. The highest BCUT2D eigenvalue weighted by atomic mass is 16.3. The minimum atomic E-state index is -0.393. The molecule has 2 heteroatoms. The molecule has 0 heterocycles. The number of hydrogen-bond donors (Lipinski definition) is 1. The van der Waals surface area contributed by atoms with E-state index in [4.69, 9.17) is 0 Å². The number of fused-ring (bicyclic) bond motifs is 5. The largest absolute Gasteiger partial charge is 0.512 e. The van der Waals surface area contributed by atoms with Gasteiger partial charge in [0.2, 0.25) is 0 Å². The third-order valence-corrected chi connectivity index (χ3v) is 10.3. The van der Waals surface area contributed by atoms with Crippen molar-refractivity contribution in [1.29, 1.82) is 0 Å². The summed E-state index contributed by atoms with van der Waals surface area (Å²) in [6.45, 7) is 12.2. The smallest absolute Gasteiger partial charge is 0.134 e. The first kappa shape index (κ1) is 22.2. The molecule has 1 N–H and O–H groups in total. The lowest BCUT2D eigenvalue weighted by molar-refractivity contribution is -0.111. The van der Waals surface area contributed by atoms with Gasteiger partial charge in [-0.2, -0.15) is 0 Å². The van der Waals surface area contributed by atoms with E-state index in [2.05, 4.69) is 40.7 Å². The summed E-state index contributed by atoms with van der Waals surface area (Å²) in [5, 5.41) is 10.3. The molecule has 0 aromatic rings. The summed E-state index contributed by atoms with van der Waals surface area (Å²) < 4.78 is 0. The molecule has 2 fully saturated rings. The second kappa shape index (κ2) is 8.14. The normalized spacial score (nSPS) is 43.9. The van der Waals surface area contributed by atoms with Gasteiger partial charge in [-0.1, -0.05) is 65.5 Å². The minimum Gasteiger partial charge on any atom is -0.512 e. The van der Waals surface area contributed by atoms with Gasteiger partial charge in [-0.3, -0.25) is 0 Å². The lowest BCUT2D eigenvalue weighted by Crippen LogP contribution is -2.51. The lowest BCUT2D eigenvalue weighted by atomic mass is 9.46. The lowest BCUT2D eigenvalue weighted by Gasteiger charge is -2.58. The maximum Gasteiger partial charge on any atom is 0.134 e. The van der Waals surface area contributed by atoms with E-state index in [0.29, 0.717) is 11.3 Å². The number of aliphatic hydroxyl groups excluding tert-OH is 1. The van der Waals surface area contributed by atoms with Crippen LogP contribution < -0.4 is 0 Å². The summed E-state index contributed by atoms with van der Waals surface area (Å²) in [7, 11) is 0. The number of allylic oxidation sites excluding steroid dienone is 3. The molecule has 0 aromatic carbocycles. The summed E-state index contributed by atoms with van der Waals surface area (Å²) in [5.41, 5.74) is 1.78. The Kier molecular flexibility index (Phi) is 6.01. The molecule has 0 amide bonds. The van der Waals surface area contributed by atoms with E-state index in [9.17, 15) is 9.90 Å². The van der Waals surface area contributed by atoms with E-state index in [1.165, 1.54) is 50.5 Å². The molecule has 0 radical (unpaired) electrons. The van der Waals surface area contributed by atoms with Crippen LogP contribution >= 0.6 is 0 Å². The molecule has 4 aliphatic carbocycles. The monoisotopic (exact) mass is 412 g/mol. The topological polar surface area (TPSA) is 37.3 Å². The van der Waals surface area contributed by atoms with Crippen LogP contribution in [0.2, 0.25) is 0 Å². The van der Waals surface area contributed by atoms with Gasteiger partial charge in [0.05, 0.1) is 5.92 Å². The van der Waals surface area contributed by atoms with Crippen molar-refractivity contribution in [3.63, 3.8) is 0 Å². The molecule has 4 rings (SSSR count). The molecule has 4 aliphatic rings. The van der Waals surface area contributed by atoms with Crippen molar-refractivity contribution in [3.05, 3.63) is 23.5 Å². The van der Waals surface area contributed by atoms with Gasteiger partial charge in [0.15, 0.2) is 0 Å². The van der Waals surface area contributed by atoms with Gasteiger partial charge in [0.25, 0.3) is 0 Å². The third kappa shape index (κ3) is 3.41. The highest BCUT2D eigenvalue weighted by Crippen LogP contribution is 2.67. The van der Waals surface area contributed by atoms with Crippen molar-refractivity contribution in [1.82, 2.24) is 0 Å². The number of rotatable bonds is 6. The fourth-order valence-electron chi connectivity index (χ4n) is 8.64. The SMILES string of the molecule is CC(C)CCC[C@@H](C)[C@H]1CC[C@H]2[C@@H]3CC=C4C(C=O)C(O)=CC[C@]4(C)[C@H]3CC[C@]12C. The van der Waals surface area contributed by atoms with Gasteiger partial charge in [-0.15, -0.1) is 0 Å². The second-order valence-electron chi connectivity index (χ2n) is 12.2. The highest BCUT2D eigenvalue weighted by molar-refractivity contribution is 5.65. The predicted molar refractivity (Wildman–Crippen MR) is 124 cm³/mol. The van der Waals surface area contributed by atoms with Gasteiger partial charge in [-0.25, -0.2) is 0 Å². The summed E-state index contributed by atoms with van der Waals surface area (Å²) in [6.07, 6.45) is 16.9. The molecule has 168 valence electrons. The molecular formula is C28H44O2. The Balaban J connectivity index is 1.53. The number of carbonyl (C=O) groups is 1. The van der Waals surface area contributed by atoms with Gasteiger partial charge < -0.3 is 9.90 Å². The van der Waals surface area contributed by atoms with Crippen molar-refractivity contribution in [2.75, 3.05) is 0 Å². The molecular weight excluding hydrogens is 368 g/mol. The molecule has 0 aliphatic heterocycles. The molecule has 30 heavy (non-hydrogen) atoms. The summed E-state index contributed by atoms with van der Waals surface area (Å²) in [4.78, 5) is 11.8. The first-order chi connectivity index (χ1) is 14.2. The van der Waals surface area contributed by atoms with E-state index in [1.54, 1.807) is 0 Å². The van der Waals surface area contributed by atoms with Gasteiger partial charge in [-0.05, 0) is 90.9 Å². The van der Waals surface area contributed by atoms with Crippen molar-refractivity contribution >= 4 is 6.29 Å². The summed E-state index contributed by atoms with van der Waals surface area (Å²) in [6, 6.07) is 0. The van der Waals surface area contributed by atoms with Crippen LogP contribution in [0.4, 0.5) is 0 Å². The molecule has 2 nitrogen and oxygen atoms in total. The second-order valence-corrected chi connectivity index (χ2v) is 12.2. The Labute approximate surface area is 184 Å². The Morgan fingerprint density at radius 1 is 1.10 bits per heavy atom. The average Bonchev–Trinajstić information content (AvgIpc) is 3.05. The maximum absolute atomic E-state index is 11.8. The molecule has 8 atom stereocenters. The van der Waals surface area contributed by atoms with Crippen LogP contribution in [0.15, 0.2) is 23.5 Å². The summed E-state index contributed by atoms with van der Waals surface area (Å²) >= 11 is 0. The Morgan fingerprint density at radius 2 is 1.87 bits per heavy atom. The zero-order valence-corrected chi connectivity index (χ0v) is 20.0. The van der Waals surface area contributed by atoms with Crippen LogP contribution in [-0.2, 0) is 4.79 Å². The molecule has 2 saturated carbocycles. The van der Waals surface area contributed by atoms with Crippen LogP contribution in [0.3, 0.4) is 0 Å². The van der Waals surface area contributed by atoms with Crippen molar-refractivity contribution < 1.29 is 9.90 Å². The third-order valence-electron chi connectivity index (χ3n) is 10.3. The predicted octanol–water partition coefficient (Wildman–Crippen LogP) is 7.50. The molecule has 0 aromatic heterocycles. The Bertz CT molecular complexity index is 718. The Hall–Kier alpha value is -1.05. The van der Waals surface area contributed by atoms with Crippen LogP contribution in [0.25, 0.3) is 0 Å². The fourth-order valence-corrected chi connectivity index (χ4v) is 8.64. The average molecular weight is 413 g/mol. The quantitative estimate of drug-likeness (QED) is 0.362. The van der Waals surface area contributed by atoms with Crippen molar-refractivity contribution in [2.45, 2.75) is 92.4 Å². The first-order valence-corrected chi connectivity index (χ1v) is 12.8. The summed E-state index contributed by atoms with van der Waals surface area (Å²) in [5.74, 6) is 4.68. The molecule has 0 spiro atoms. The van der Waals surface area contributed by atoms with Crippen molar-refractivity contribution in [3.8, 4) is 0 Å². The van der Waals surface area contributed by atoms with Crippen LogP contribution in [0, 0.1) is 52.3 Å². The Morgan fingerprint density at radius 3 is 2.57 bits per heavy atom. The highest BCUT2D eigenvalue weighted by Gasteiger charge is 2.59. The standard InChI is InChI=1S/C28H44O2/c1-18(2)7-6-8-19(3)22-11-12-23-20-9-10-24-21(17-29)26(30)14-16-28(24,5)25(20)13-15-27(22,23)4/h10,14,17-23,25,30H,6-9,11-13,15-16H2,1-5H3/t19-,20+,21?,22-,23+,25+,27-,28+/m1/s1. The zero-order chi connectivity index (χ0) is 21.7. The van der Waals surface area contributed by atoms with Gasteiger partial charge in [0, 0.05) is 0 Å². The fraction of sp³-hybridized carbons (Fsp3) is 0.821.